The quantitative estimate of drug-likeness (QED) is 0.173. The molecule has 236 valence electrons. The molecule has 1 saturated heterocycles. The van der Waals surface area contributed by atoms with Crippen molar-refractivity contribution in [1.29, 1.82) is 5.26 Å². The van der Waals surface area contributed by atoms with Crippen molar-refractivity contribution in [1.82, 2.24) is 24.9 Å². The van der Waals surface area contributed by atoms with Gasteiger partial charge in [0.25, 0.3) is 0 Å². The second-order valence-corrected chi connectivity index (χ2v) is 13.8. The highest BCUT2D eigenvalue weighted by molar-refractivity contribution is 6.36. The summed E-state index contributed by atoms with van der Waals surface area (Å²) in [5, 5.41) is 28.3. The average molecular weight is 654 g/mol. The Balaban J connectivity index is 1.33. The molecule has 8 nitrogen and oxygen atoms in total. The first-order valence-electron chi connectivity index (χ1n) is 15.6. The number of benzene rings is 3. The molecule has 1 aliphatic rings. The molecule has 0 saturated carbocycles. The third-order valence-corrected chi connectivity index (χ3v) is 9.26. The lowest BCUT2D eigenvalue weighted by atomic mass is 9.98. The molecule has 3 heterocycles. The zero-order valence-electron chi connectivity index (χ0n) is 26.6. The smallest absolute Gasteiger partial charge is 0.109 e. The van der Waals surface area contributed by atoms with Crippen LogP contribution >= 0.6 is 23.2 Å². The number of nitrogens with one attached hydrogen (secondary N) is 2. The number of fused-ring (bicyclic) bond motifs is 1. The van der Waals surface area contributed by atoms with E-state index in [4.69, 9.17) is 23.2 Å². The molecule has 1 fully saturated rings. The molecule has 2 N–H and O–H groups in total. The van der Waals surface area contributed by atoms with E-state index in [1.54, 1.807) is 6.20 Å². The summed E-state index contributed by atoms with van der Waals surface area (Å²) in [4.78, 5) is 7.06. The van der Waals surface area contributed by atoms with Crippen LogP contribution in [0.2, 0.25) is 10.0 Å². The van der Waals surface area contributed by atoms with Crippen molar-refractivity contribution in [3.05, 3.63) is 111 Å². The maximum absolute atomic E-state index is 9.98. The van der Waals surface area contributed by atoms with Crippen molar-refractivity contribution < 1.29 is 0 Å². The number of halogens is 2. The van der Waals surface area contributed by atoms with Crippen LogP contribution < -0.4 is 10.6 Å². The number of aromatic nitrogens is 4. The Bertz CT molecular complexity index is 1880. The second kappa shape index (κ2) is 13.3. The fraction of sp³-hybridized carbons (Fsp3) is 0.333. The molecule has 0 spiro atoms. The van der Waals surface area contributed by atoms with Gasteiger partial charge in [-0.1, -0.05) is 70.4 Å². The number of pyridine rings is 1. The molecule has 1 aliphatic heterocycles. The van der Waals surface area contributed by atoms with Gasteiger partial charge in [0.15, 0.2) is 0 Å². The summed E-state index contributed by atoms with van der Waals surface area (Å²) in [6, 6.07) is 22.1. The van der Waals surface area contributed by atoms with E-state index < -0.39 is 0 Å². The van der Waals surface area contributed by atoms with Crippen molar-refractivity contribution in [3.8, 4) is 6.07 Å². The molecule has 1 atom stereocenters. The van der Waals surface area contributed by atoms with Crippen molar-refractivity contribution in [2.45, 2.75) is 64.7 Å². The van der Waals surface area contributed by atoms with Crippen molar-refractivity contribution in [2.24, 2.45) is 0 Å². The number of rotatable bonds is 8. The Morgan fingerprint density at radius 1 is 1.04 bits per heavy atom. The molecule has 1 unspecified atom stereocenters. The molecule has 0 amide bonds. The lowest BCUT2D eigenvalue weighted by molar-refractivity contribution is 0.0866. The number of nitrogens with zero attached hydrogens (tertiary/aromatic N) is 6. The van der Waals surface area contributed by atoms with Crippen molar-refractivity contribution in [2.75, 3.05) is 23.7 Å². The van der Waals surface area contributed by atoms with Crippen LogP contribution in [0.5, 0.6) is 0 Å². The highest BCUT2D eigenvalue weighted by Crippen LogP contribution is 2.36. The number of anilines is 2. The summed E-state index contributed by atoms with van der Waals surface area (Å²) >= 11 is 13.1. The zero-order valence-corrected chi connectivity index (χ0v) is 28.1. The minimum absolute atomic E-state index is 0.155. The number of aryl methyl sites for hydroxylation is 1. The standard InChI is InChI=1S/C36H38Cl2N8/c1-23-6-5-7-24(16-23)20-40-33-26(19-39)21-41-35-30(33)17-28(18-31(35)38)42-34(25-8-10-27(37)11-9-25)32-22-46(44-43-32)29-12-14-45(15-13-29)36(2,3)4/h5-11,16-18,21-22,29,34,42H,12-15,20H2,1-4H3,(H,40,41). The van der Waals surface area contributed by atoms with Crippen LogP contribution in [0, 0.1) is 18.3 Å². The summed E-state index contributed by atoms with van der Waals surface area (Å²) in [6.45, 7) is 11.5. The average Bonchev–Trinajstić information content (AvgIpc) is 3.53. The van der Waals surface area contributed by atoms with Crippen LogP contribution in [-0.4, -0.2) is 43.5 Å². The molecular formula is C36H38Cl2N8. The Hall–Kier alpha value is -4.16. The number of hydrogen-bond donors (Lipinski definition) is 2. The largest absolute Gasteiger partial charge is 0.379 e. The van der Waals surface area contributed by atoms with Gasteiger partial charge in [-0.05, 0) is 75.9 Å². The fourth-order valence-corrected chi connectivity index (χ4v) is 6.58. The Morgan fingerprint density at radius 2 is 1.80 bits per heavy atom. The predicted molar refractivity (Wildman–Crippen MR) is 187 cm³/mol. The monoisotopic (exact) mass is 652 g/mol. The van der Waals surface area contributed by atoms with E-state index in [-0.39, 0.29) is 11.6 Å². The van der Waals surface area contributed by atoms with Crippen molar-refractivity contribution >= 4 is 45.5 Å². The van der Waals surface area contributed by atoms with Gasteiger partial charge in [0, 0.05) is 47.5 Å². The Kier molecular flexibility index (Phi) is 9.19. The van der Waals surface area contributed by atoms with E-state index in [1.807, 2.05) is 47.1 Å². The molecule has 0 aliphatic carbocycles. The minimum Gasteiger partial charge on any atom is -0.379 e. The van der Waals surface area contributed by atoms with Gasteiger partial charge in [0.1, 0.15) is 11.8 Å². The number of nitriles is 1. The van der Waals surface area contributed by atoms with Crippen LogP contribution in [0.4, 0.5) is 11.4 Å². The van der Waals surface area contributed by atoms with E-state index in [0.29, 0.717) is 39.4 Å². The summed E-state index contributed by atoms with van der Waals surface area (Å²) in [7, 11) is 0. The molecule has 2 aromatic heterocycles. The molecule has 3 aromatic carbocycles. The third kappa shape index (κ3) is 6.97. The number of piperidine rings is 1. The minimum atomic E-state index is -0.329. The third-order valence-electron chi connectivity index (χ3n) is 8.72. The predicted octanol–water partition coefficient (Wildman–Crippen LogP) is 8.56. The van der Waals surface area contributed by atoms with E-state index in [0.717, 1.165) is 53.8 Å². The highest BCUT2D eigenvalue weighted by Gasteiger charge is 2.29. The van der Waals surface area contributed by atoms with Gasteiger partial charge in [-0.2, -0.15) is 5.26 Å². The van der Waals surface area contributed by atoms with E-state index in [1.165, 1.54) is 5.56 Å². The Morgan fingerprint density at radius 3 is 2.50 bits per heavy atom. The van der Waals surface area contributed by atoms with E-state index in [2.05, 4.69) is 89.0 Å². The van der Waals surface area contributed by atoms with Gasteiger partial charge in [0.05, 0.1) is 40.1 Å². The van der Waals surface area contributed by atoms with Crippen LogP contribution in [0.3, 0.4) is 0 Å². The lowest BCUT2D eigenvalue weighted by Gasteiger charge is -2.40. The second-order valence-electron chi connectivity index (χ2n) is 13.0. The molecule has 5 aromatic rings. The first kappa shape index (κ1) is 31.8. The first-order valence-corrected chi connectivity index (χ1v) is 16.3. The lowest BCUT2D eigenvalue weighted by Crippen LogP contribution is -2.46. The molecule has 46 heavy (non-hydrogen) atoms. The zero-order chi connectivity index (χ0) is 32.4. The molecule has 10 heteroatoms. The summed E-state index contributed by atoms with van der Waals surface area (Å²) in [5.41, 5.74) is 6.74. The molecule has 6 rings (SSSR count). The summed E-state index contributed by atoms with van der Waals surface area (Å²) in [6.07, 6.45) is 5.66. The summed E-state index contributed by atoms with van der Waals surface area (Å²) in [5.74, 6) is 0. The van der Waals surface area contributed by atoms with Gasteiger partial charge >= 0.3 is 0 Å². The Labute approximate surface area is 280 Å². The van der Waals surface area contributed by atoms with Crippen LogP contribution in [0.15, 0.2) is 73.1 Å². The van der Waals surface area contributed by atoms with Gasteiger partial charge in [0.2, 0.25) is 0 Å². The fourth-order valence-electron chi connectivity index (χ4n) is 6.18. The van der Waals surface area contributed by atoms with Gasteiger partial charge in [-0.3, -0.25) is 9.88 Å². The van der Waals surface area contributed by atoms with Crippen LogP contribution in [-0.2, 0) is 6.54 Å². The van der Waals surface area contributed by atoms with Crippen LogP contribution in [0.25, 0.3) is 10.9 Å². The molecular weight excluding hydrogens is 615 g/mol. The highest BCUT2D eigenvalue weighted by atomic mass is 35.5. The maximum atomic E-state index is 9.98. The summed E-state index contributed by atoms with van der Waals surface area (Å²) < 4.78 is 2.02. The number of likely N-dealkylation sites (tertiary alicyclic amines) is 1. The normalized spacial score (nSPS) is 15.1. The van der Waals surface area contributed by atoms with E-state index in [9.17, 15) is 5.26 Å². The van der Waals surface area contributed by atoms with Crippen molar-refractivity contribution in [3.63, 3.8) is 0 Å². The van der Waals surface area contributed by atoms with Gasteiger partial charge in [-0.15, -0.1) is 5.10 Å². The van der Waals surface area contributed by atoms with E-state index >= 15 is 0 Å². The first-order chi connectivity index (χ1) is 22.1. The van der Waals surface area contributed by atoms with Gasteiger partial charge < -0.3 is 10.6 Å². The molecule has 0 radical (unpaired) electrons. The van der Waals surface area contributed by atoms with Gasteiger partial charge in [-0.25, -0.2) is 4.68 Å². The maximum Gasteiger partial charge on any atom is 0.109 e. The molecule has 0 bridgehead atoms. The van der Waals surface area contributed by atoms with Crippen LogP contribution in [0.1, 0.15) is 73.6 Å². The topological polar surface area (TPSA) is 94.7 Å². The SMILES string of the molecule is Cc1cccc(CNc2c(C#N)cnc3c(Cl)cc(NC(c4ccc(Cl)cc4)c4cn(C5CCN(C(C)(C)C)CC5)nn4)cc23)c1. The number of hydrogen-bond acceptors (Lipinski definition) is 7.